The fourth-order valence-electron chi connectivity index (χ4n) is 1.71. The number of unbranched alkanes of at least 4 members (excludes halogenated alkanes) is 3. The van der Waals surface area contributed by atoms with E-state index in [1.54, 1.807) is 12.4 Å². The Kier molecular flexibility index (Phi) is 6.30. The van der Waals surface area contributed by atoms with Gasteiger partial charge in [0.2, 0.25) is 5.91 Å². The Bertz CT molecular complexity index is 324. The van der Waals surface area contributed by atoms with E-state index < -0.39 is 0 Å². The van der Waals surface area contributed by atoms with Crippen LogP contribution in [-0.2, 0) is 4.79 Å². The Labute approximate surface area is 104 Å². The zero-order valence-corrected chi connectivity index (χ0v) is 10.8. The maximum Gasteiger partial charge on any atom is 0.227 e. The predicted octanol–water partition coefficient (Wildman–Crippen LogP) is 3.63. The van der Waals surface area contributed by atoms with E-state index in [4.69, 9.17) is 0 Å². The molecule has 1 aromatic heterocycles. The van der Waals surface area contributed by atoms with E-state index in [2.05, 4.69) is 17.2 Å². The van der Waals surface area contributed by atoms with E-state index in [-0.39, 0.29) is 11.8 Å². The molecule has 0 fully saturated rings. The van der Waals surface area contributed by atoms with Gasteiger partial charge in [0.25, 0.3) is 0 Å². The number of hydrogen-bond acceptors (Lipinski definition) is 2. The molecular weight excluding hydrogens is 212 g/mol. The van der Waals surface area contributed by atoms with Crippen LogP contribution in [0.5, 0.6) is 0 Å². The number of pyridine rings is 1. The lowest BCUT2D eigenvalue weighted by molar-refractivity contribution is -0.119. The second-order valence-electron chi connectivity index (χ2n) is 4.48. The fraction of sp³-hybridized carbons (Fsp3) is 0.571. The molecule has 0 aliphatic heterocycles. The van der Waals surface area contributed by atoms with Crippen molar-refractivity contribution in [3.05, 3.63) is 24.5 Å². The monoisotopic (exact) mass is 234 g/mol. The first-order valence-electron chi connectivity index (χ1n) is 6.45. The predicted molar refractivity (Wildman–Crippen MR) is 70.8 cm³/mol. The molecule has 94 valence electrons. The Morgan fingerprint density at radius 2 is 2.24 bits per heavy atom. The summed E-state index contributed by atoms with van der Waals surface area (Å²) in [4.78, 5) is 15.8. The summed E-state index contributed by atoms with van der Waals surface area (Å²) in [6.07, 6.45) is 9.18. The van der Waals surface area contributed by atoms with Crippen LogP contribution in [0.15, 0.2) is 24.5 Å². The van der Waals surface area contributed by atoms with Crippen LogP contribution in [0, 0.1) is 5.92 Å². The van der Waals surface area contributed by atoms with Crippen molar-refractivity contribution < 1.29 is 4.79 Å². The minimum Gasteiger partial charge on any atom is -0.324 e. The highest BCUT2D eigenvalue weighted by Gasteiger charge is 2.12. The topological polar surface area (TPSA) is 42.0 Å². The van der Waals surface area contributed by atoms with Crippen molar-refractivity contribution in [1.82, 2.24) is 4.98 Å². The minimum absolute atomic E-state index is 0.0760. The number of carbonyl (C=O) groups is 1. The third-order valence-electron chi connectivity index (χ3n) is 2.87. The van der Waals surface area contributed by atoms with Crippen molar-refractivity contribution in [2.45, 2.75) is 46.0 Å². The number of carbonyl (C=O) groups excluding carboxylic acids is 1. The summed E-state index contributed by atoms with van der Waals surface area (Å²) in [6.45, 7) is 4.18. The average Bonchev–Trinajstić information content (AvgIpc) is 2.35. The van der Waals surface area contributed by atoms with Crippen LogP contribution in [0.3, 0.4) is 0 Å². The van der Waals surface area contributed by atoms with Crippen LogP contribution in [0.2, 0.25) is 0 Å². The van der Waals surface area contributed by atoms with Crippen molar-refractivity contribution in [3.8, 4) is 0 Å². The van der Waals surface area contributed by atoms with Gasteiger partial charge in [-0.25, -0.2) is 0 Å². The van der Waals surface area contributed by atoms with Crippen molar-refractivity contribution in [2.24, 2.45) is 5.92 Å². The summed E-state index contributed by atoms with van der Waals surface area (Å²) >= 11 is 0. The van der Waals surface area contributed by atoms with Crippen LogP contribution in [-0.4, -0.2) is 10.9 Å². The molecular formula is C14H22N2O. The van der Waals surface area contributed by atoms with Crippen LogP contribution in [0.1, 0.15) is 46.0 Å². The van der Waals surface area contributed by atoms with Crippen LogP contribution >= 0.6 is 0 Å². The second kappa shape index (κ2) is 7.82. The van der Waals surface area contributed by atoms with Gasteiger partial charge in [0.15, 0.2) is 0 Å². The molecule has 1 heterocycles. The van der Waals surface area contributed by atoms with Crippen molar-refractivity contribution in [1.29, 1.82) is 0 Å². The molecule has 1 rings (SSSR count). The highest BCUT2D eigenvalue weighted by molar-refractivity contribution is 5.92. The molecule has 0 radical (unpaired) electrons. The molecule has 1 N–H and O–H groups in total. The van der Waals surface area contributed by atoms with E-state index in [0.29, 0.717) is 0 Å². The van der Waals surface area contributed by atoms with E-state index in [1.807, 2.05) is 19.1 Å². The Hall–Kier alpha value is -1.38. The third kappa shape index (κ3) is 5.48. The lowest BCUT2D eigenvalue weighted by Crippen LogP contribution is -2.20. The van der Waals surface area contributed by atoms with Crippen molar-refractivity contribution in [2.75, 3.05) is 5.32 Å². The summed E-state index contributed by atoms with van der Waals surface area (Å²) in [5, 5.41) is 2.88. The molecule has 0 saturated carbocycles. The second-order valence-corrected chi connectivity index (χ2v) is 4.48. The zero-order chi connectivity index (χ0) is 12.5. The maximum absolute atomic E-state index is 11.8. The van der Waals surface area contributed by atoms with E-state index >= 15 is 0 Å². The summed E-state index contributed by atoms with van der Waals surface area (Å²) in [5.74, 6) is 0.168. The van der Waals surface area contributed by atoms with Crippen LogP contribution in [0.4, 0.5) is 5.69 Å². The quantitative estimate of drug-likeness (QED) is 0.732. The largest absolute Gasteiger partial charge is 0.324 e. The lowest BCUT2D eigenvalue weighted by Gasteiger charge is -2.11. The normalized spacial score (nSPS) is 12.1. The smallest absolute Gasteiger partial charge is 0.227 e. The average molecular weight is 234 g/mol. The first kappa shape index (κ1) is 13.7. The number of aromatic nitrogens is 1. The van der Waals surface area contributed by atoms with Gasteiger partial charge in [0.05, 0.1) is 11.9 Å². The van der Waals surface area contributed by atoms with E-state index in [9.17, 15) is 4.79 Å². The molecule has 0 aliphatic carbocycles. The molecule has 1 atom stereocenters. The number of nitrogens with zero attached hydrogens (tertiary/aromatic N) is 1. The fourth-order valence-corrected chi connectivity index (χ4v) is 1.71. The summed E-state index contributed by atoms with van der Waals surface area (Å²) in [6, 6.07) is 3.68. The highest BCUT2D eigenvalue weighted by Crippen LogP contribution is 2.13. The molecule has 17 heavy (non-hydrogen) atoms. The molecule has 1 unspecified atom stereocenters. The third-order valence-corrected chi connectivity index (χ3v) is 2.87. The standard InChI is InChI=1S/C14H22N2O/c1-3-4-5-6-8-12(2)14(17)16-13-9-7-10-15-11-13/h7,9-12H,3-6,8H2,1-2H3,(H,16,17). The van der Waals surface area contributed by atoms with E-state index in [1.165, 1.54) is 19.3 Å². The van der Waals surface area contributed by atoms with Gasteiger partial charge in [-0.15, -0.1) is 0 Å². The molecule has 0 spiro atoms. The number of rotatable bonds is 7. The first-order valence-corrected chi connectivity index (χ1v) is 6.45. The molecule has 1 amide bonds. The summed E-state index contributed by atoms with van der Waals surface area (Å²) in [5.41, 5.74) is 0.776. The van der Waals surface area contributed by atoms with Gasteiger partial charge in [-0.3, -0.25) is 9.78 Å². The minimum atomic E-state index is 0.0760. The highest BCUT2D eigenvalue weighted by atomic mass is 16.1. The lowest BCUT2D eigenvalue weighted by atomic mass is 10.0. The number of hydrogen-bond donors (Lipinski definition) is 1. The molecule has 0 bridgehead atoms. The Morgan fingerprint density at radius 3 is 2.88 bits per heavy atom. The summed E-state index contributed by atoms with van der Waals surface area (Å²) in [7, 11) is 0. The van der Waals surface area contributed by atoms with Gasteiger partial charge in [-0.1, -0.05) is 39.5 Å². The van der Waals surface area contributed by atoms with Gasteiger partial charge >= 0.3 is 0 Å². The number of nitrogens with one attached hydrogen (secondary N) is 1. The van der Waals surface area contributed by atoms with Crippen LogP contribution < -0.4 is 5.32 Å². The molecule has 0 aromatic carbocycles. The zero-order valence-electron chi connectivity index (χ0n) is 10.8. The summed E-state index contributed by atoms with van der Waals surface area (Å²) < 4.78 is 0. The van der Waals surface area contributed by atoms with E-state index in [0.717, 1.165) is 18.5 Å². The SMILES string of the molecule is CCCCCCC(C)C(=O)Nc1cccnc1. The molecule has 3 nitrogen and oxygen atoms in total. The van der Waals surface area contributed by atoms with Gasteiger partial charge in [-0.05, 0) is 18.6 Å². The molecule has 0 aliphatic rings. The Balaban J connectivity index is 2.27. The van der Waals surface area contributed by atoms with Gasteiger partial charge in [0.1, 0.15) is 0 Å². The molecule has 0 saturated heterocycles. The van der Waals surface area contributed by atoms with Gasteiger partial charge in [-0.2, -0.15) is 0 Å². The van der Waals surface area contributed by atoms with Crippen LogP contribution in [0.25, 0.3) is 0 Å². The maximum atomic E-state index is 11.8. The van der Waals surface area contributed by atoms with Gasteiger partial charge in [0, 0.05) is 12.1 Å². The number of anilines is 1. The van der Waals surface area contributed by atoms with Gasteiger partial charge < -0.3 is 5.32 Å². The van der Waals surface area contributed by atoms with Crippen molar-refractivity contribution in [3.63, 3.8) is 0 Å². The molecule has 1 aromatic rings. The number of amides is 1. The van der Waals surface area contributed by atoms with Crippen molar-refractivity contribution >= 4 is 11.6 Å². The Morgan fingerprint density at radius 1 is 1.41 bits per heavy atom. The first-order chi connectivity index (χ1) is 8.24. The molecule has 3 heteroatoms.